The van der Waals surface area contributed by atoms with Crippen molar-refractivity contribution < 1.29 is 9.90 Å². The number of para-hydroxylation sites is 1. The van der Waals surface area contributed by atoms with E-state index in [1.807, 2.05) is 22.9 Å². The van der Waals surface area contributed by atoms with Gasteiger partial charge in [-0.25, -0.2) is 4.79 Å². The Balaban J connectivity index is 2.63. The van der Waals surface area contributed by atoms with Gasteiger partial charge in [0.25, 0.3) is 0 Å². The average Bonchev–Trinajstić information content (AvgIpc) is 2.60. The van der Waals surface area contributed by atoms with E-state index in [0.29, 0.717) is 11.5 Å². The Morgan fingerprint density at radius 3 is 2.75 bits per heavy atom. The van der Waals surface area contributed by atoms with Crippen LogP contribution in [0.25, 0.3) is 10.9 Å². The van der Waals surface area contributed by atoms with E-state index >= 15 is 0 Å². The summed E-state index contributed by atoms with van der Waals surface area (Å²) in [6.07, 6.45) is 1.96. The molecule has 3 nitrogen and oxygen atoms in total. The minimum absolute atomic E-state index is 0.378. The van der Waals surface area contributed by atoms with Gasteiger partial charge in [-0.2, -0.15) is 0 Å². The summed E-state index contributed by atoms with van der Waals surface area (Å²) in [5.41, 5.74) is 1.20. The molecule has 0 amide bonds. The molecule has 1 N–H and O–H groups in total. The molecule has 0 aliphatic rings. The van der Waals surface area contributed by atoms with Gasteiger partial charge in [0, 0.05) is 18.1 Å². The molecule has 2 aromatic rings. The normalized spacial score (nSPS) is 11.2. The van der Waals surface area contributed by atoms with Gasteiger partial charge in [0.2, 0.25) is 0 Å². The molecule has 0 bridgehead atoms. The van der Waals surface area contributed by atoms with Crippen molar-refractivity contribution in [1.29, 1.82) is 0 Å². The largest absolute Gasteiger partial charge is 0.478 e. The first kappa shape index (κ1) is 10.7. The molecule has 3 heteroatoms. The molecule has 1 aromatic heterocycles. The summed E-state index contributed by atoms with van der Waals surface area (Å²) in [5.74, 6) is -0.369. The number of aromatic nitrogens is 1. The summed E-state index contributed by atoms with van der Waals surface area (Å²) in [6, 6.07) is 7.34. The summed E-state index contributed by atoms with van der Waals surface area (Å²) in [5, 5.41) is 10.1. The third kappa shape index (κ3) is 1.81. The van der Waals surface area contributed by atoms with E-state index in [2.05, 4.69) is 13.8 Å². The lowest BCUT2D eigenvalue weighted by atomic mass is 10.1. The predicted octanol–water partition coefficient (Wildman–Crippen LogP) is 3.00. The molecule has 0 saturated carbocycles. The third-order valence-electron chi connectivity index (χ3n) is 2.58. The van der Waals surface area contributed by atoms with Crippen molar-refractivity contribution in [2.24, 2.45) is 5.92 Å². The van der Waals surface area contributed by atoms with E-state index in [1.54, 1.807) is 12.1 Å². The molecule has 16 heavy (non-hydrogen) atoms. The summed E-state index contributed by atoms with van der Waals surface area (Å²) in [6.45, 7) is 5.08. The molecule has 1 aromatic carbocycles. The highest BCUT2D eigenvalue weighted by Gasteiger charge is 2.12. The Labute approximate surface area is 94.3 Å². The quantitative estimate of drug-likeness (QED) is 0.858. The van der Waals surface area contributed by atoms with Gasteiger partial charge in [-0.3, -0.25) is 0 Å². The monoisotopic (exact) mass is 217 g/mol. The second kappa shape index (κ2) is 4.00. The van der Waals surface area contributed by atoms with E-state index in [0.717, 1.165) is 17.4 Å². The second-order valence-electron chi connectivity index (χ2n) is 4.41. The first-order valence-corrected chi connectivity index (χ1v) is 5.40. The fraction of sp³-hybridized carbons (Fsp3) is 0.308. The highest BCUT2D eigenvalue weighted by Crippen LogP contribution is 2.21. The zero-order valence-corrected chi connectivity index (χ0v) is 9.47. The number of carbonyl (C=O) groups is 1. The van der Waals surface area contributed by atoms with Crippen LogP contribution in [0.15, 0.2) is 30.5 Å². The van der Waals surface area contributed by atoms with Crippen molar-refractivity contribution in [3.63, 3.8) is 0 Å². The number of hydrogen-bond donors (Lipinski definition) is 1. The number of benzene rings is 1. The Morgan fingerprint density at radius 2 is 2.12 bits per heavy atom. The SMILES string of the molecule is CC(C)Cn1ccc2cccc(C(=O)O)c21. The van der Waals surface area contributed by atoms with Crippen LogP contribution in [0.2, 0.25) is 0 Å². The first-order chi connectivity index (χ1) is 7.59. The van der Waals surface area contributed by atoms with Crippen molar-refractivity contribution >= 4 is 16.9 Å². The van der Waals surface area contributed by atoms with Gasteiger partial charge >= 0.3 is 5.97 Å². The number of rotatable bonds is 3. The molecule has 1 heterocycles. The summed E-state index contributed by atoms with van der Waals surface area (Å²) >= 11 is 0. The van der Waals surface area contributed by atoms with Crippen LogP contribution in [0.5, 0.6) is 0 Å². The first-order valence-electron chi connectivity index (χ1n) is 5.40. The van der Waals surface area contributed by atoms with Crippen LogP contribution < -0.4 is 0 Å². The number of fused-ring (bicyclic) bond motifs is 1. The molecule has 0 radical (unpaired) electrons. The Hall–Kier alpha value is -1.77. The van der Waals surface area contributed by atoms with E-state index in [-0.39, 0.29) is 0 Å². The molecule has 2 rings (SSSR count). The number of carboxylic acid groups (broad SMARTS) is 1. The highest BCUT2D eigenvalue weighted by atomic mass is 16.4. The van der Waals surface area contributed by atoms with E-state index in [9.17, 15) is 4.79 Å². The summed E-state index contributed by atoms with van der Waals surface area (Å²) < 4.78 is 2.02. The minimum atomic E-state index is -0.866. The van der Waals surface area contributed by atoms with Crippen molar-refractivity contribution in [2.45, 2.75) is 20.4 Å². The number of nitrogens with zero attached hydrogens (tertiary/aromatic N) is 1. The van der Waals surface area contributed by atoms with Crippen LogP contribution >= 0.6 is 0 Å². The number of aromatic carboxylic acids is 1. The molecule has 0 atom stereocenters. The molecule has 0 saturated heterocycles. The van der Waals surface area contributed by atoms with Gasteiger partial charge in [0.1, 0.15) is 0 Å². The Kier molecular flexibility index (Phi) is 2.69. The van der Waals surface area contributed by atoms with Gasteiger partial charge in [0.15, 0.2) is 0 Å². The van der Waals surface area contributed by atoms with E-state index in [1.165, 1.54) is 0 Å². The van der Waals surface area contributed by atoms with Gasteiger partial charge in [-0.15, -0.1) is 0 Å². The predicted molar refractivity (Wildman–Crippen MR) is 63.7 cm³/mol. The zero-order valence-electron chi connectivity index (χ0n) is 9.47. The van der Waals surface area contributed by atoms with Crippen molar-refractivity contribution in [1.82, 2.24) is 4.57 Å². The van der Waals surface area contributed by atoms with Crippen molar-refractivity contribution in [3.05, 3.63) is 36.0 Å². The Bertz CT molecular complexity index is 526. The Morgan fingerprint density at radius 1 is 1.38 bits per heavy atom. The van der Waals surface area contributed by atoms with Crippen LogP contribution in [-0.4, -0.2) is 15.6 Å². The molecule has 0 aliphatic heterocycles. The van der Waals surface area contributed by atoms with Crippen LogP contribution in [0, 0.1) is 5.92 Å². The molecular weight excluding hydrogens is 202 g/mol. The number of carboxylic acids is 1. The minimum Gasteiger partial charge on any atom is -0.478 e. The van der Waals surface area contributed by atoms with Gasteiger partial charge < -0.3 is 9.67 Å². The maximum Gasteiger partial charge on any atom is 0.337 e. The molecular formula is C13H15NO2. The maximum absolute atomic E-state index is 11.1. The van der Waals surface area contributed by atoms with Crippen molar-refractivity contribution in [2.75, 3.05) is 0 Å². The van der Waals surface area contributed by atoms with Gasteiger partial charge in [0.05, 0.1) is 11.1 Å². The topological polar surface area (TPSA) is 42.2 Å². The van der Waals surface area contributed by atoms with Crippen LogP contribution in [0.3, 0.4) is 0 Å². The van der Waals surface area contributed by atoms with E-state index in [4.69, 9.17) is 5.11 Å². The molecule has 0 spiro atoms. The lowest BCUT2D eigenvalue weighted by Gasteiger charge is -2.09. The van der Waals surface area contributed by atoms with Crippen LogP contribution in [0.1, 0.15) is 24.2 Å². The maximum atomic E-state index is 11.1. The lowest BCUT2D eigenvalue weighted by Crippen LogP contribution is -2.06. The van der Waals surface area contributed by atoms with Crippen LogP contribution in [0.4, 0.5) is 0 Å². The average molecular weight is 217 g/mol. The summed E-state index contributed by atoms with van der Waals surface area (Å²) in [4.78, 5) is 11.1. The second-order valence-corrected chi connectivity index (χ2v) is 4.41. The molecule has 0 aliphatic carbocycles. The van der Waals surface area contributed by atoms with Gasteiger partial charge in [-0.05, 0) is 18.1 Å². The smallest absolute Gasteiger partial charge is 0.337 e. The lowest BCUT2D eigenvalue weighted by molar-refractivity contribution is 0.0698. The summed E-state index contributed by atoms with van der Waals surface area (Å²) in [7, 11) is 0. The molecule has 0 unspecified atom stereocenters. The van der Waals surface area contributed by atoms with E-state index < -0.39 is 5.97 Å². The van der Waals surface area contributed by atoms with Gasteiger partial charge in [-0.1, -0.05) is 26.0 Å². The number of hydrogen-bond acceptors (Lipinski definition) is 1. The fourth-order valence-electron chi connectivity index (χ4n) is 1.98. The highest BCUT2D eigenvalue weighted by molar-refractivity contribution is 6.02. The van der Waals surface area contributed by atoms with Crippen molar-refractivity contribution in [3.8, 4) is 0 Å². The molecule has 0 fully saturated rings. The third-order valence-corrected chi connectivity index (χ3v) is 2.58. The fourth-order valence-corrected chi connectivity index (χ4v) is 1.98. The van der Waals surface area contributed by atoms with Crippen LogP contribution in [-0.2, 0) is 6.54 Å². The molecule has 84 valence electrons. The zero-order chi connectivity index (χ0) is 11.7. The standard InChI is InChI=1S/C13H15NO2/c1-9(2)8-14-7-6-10-4-3-5-11(12(10)14)13(15)16/h3-7,9H,8H2,1-2H3,(H,15,16).